The summed E-state index contributed by atoms with van der Waals surface area (Å²) in [6.07, 6.45) is 103. The molecule has 0 heterocycles. The van der Waals surface area contributed by atoms with Crippen LogP contribution in [0.25, 0.3) is 0 Å². The molecule has 0 aromatic heterocycles. The fraction of sp³-hybridized carbons (Fsp3) is 0.652. The molecule has 0 amide bonds. The minimum atomic E-state index is -4.95. The molecule has 0 saturated carbocycles. The van der Waals surface area contributed by atoms with Crippen molar-refractivity contribution >= 4 is 33.6 Å². The number of hydrogen-bond donors (Lipinski definition) is 4. The third-order valence-corrected chi connectivity index (χ3v) is 18.8. The van der Waals surface area contributed by atoms with Crippen molar-refractivity contribution in [2.75, 3.05) is 39.6 Å². The lowest BCUT2D eigenvalue weighted by atomic mass is 10.0. The largest absolute Gasteiger partial charge is 0.472 e. The van der Waals surface area contributed by atoms with E-state index in [1.165, 1.54) is 64.2 Å². The summed E-state index contributed by atoms with van der Waals surface area (Å²) in [5.74, 6) is -1.61. The normalized spacial score (nSPS) is 14.8. The Labute approximate surface area is 650 Å². The summed E-state index contributed by atoms with van der Waals surface area (Å²) < 4.78 is 61.2. The average molecular weight is 1540 g/mol. The molecule has 0 saturated heterocycles. The first-order chi connectivity index (χ1) is 52.2. The van der Waals surface area contributed by atoms with Crippen LogP contribution in [0.15, 0.2) is 170 Å². The van der Waals surface area contributed by atoms with E-state index in [2.05, 4.69) is 191 Å². The van der Waals surface area contributed by atoms with Crippen LogP contribution in [0.1, 0.15) is 316 Å². The van der Waals surface area contributed by atoms with E-state index in [-0.39, 0.29) is 19.3 Å². The summed E-state index contributed by atoms with van der Waals surface area (Å²) in [4.78, 5) is 58.7. The van der Waals surface area contributed by atoms with Gasteiger partial charge in [0.15, 0.2) is 6.10 Å². The van der Waals surface area contributed by atoms with E-state index in [0.717, 1.165) is 193 Å². The number of rotatable bonds is 77. The summed E-state index contributed by atoms with van der Waals surface area (Å²) >= 11 is 0. The lowest BCUT2D eigenvalue weighted by Gasteiger charge is -2.21. The number of unbranched alkanes of at least 4 members (excludes halogenated alkanes) is 26. The van der Waals surface area contributed by atoms with Gasteiger partial charge in [-0.1, -0.05) is 319 Å². The Balaban J connectivity index is 4.52. The van der Waals surface area contributed by atoms with Gasteiger partial charge in [0.25, 0.3) is 0 Å². The second-order valence-corrected chi connectivity index (χ2v) is 30.0. The second kappa shape index (κ2) is 80.4. The molecule has 107 heavy (non-hydrogen) atoms. The van der Waals surface area contributed by atoms with Crippen molar-refractivity contribution in [2.45, 2.75) is 334 Å². The topological polar surface area (TPSA) is 231 Å². The first-order valence-electron chi connectivity index (χ1n) is 41.4. The van der Waals surface area contributed by atoms with Crippen LogP contribution < -0.4 is 0 Å². The van der Waals surface area contributed by atoms with Crippen molar-refractivity contribution in [3.63, 3.8) is 0 Å². The molecule has 0 aliphatic carbocycles. The molecule has 18 heteroatoms. The van der Waals surface area contributed by atoms with Gasteiger partial charge in [-0.15, -0.1) is 0 Å². The summed E-state index contributed by atoms with van der Waals surface area (Å²) in [7, 11) is -9.81. The zero-order valence-electron chi connectivity index (χ0n) is 66.7. The SMILES string of the molecule is CC/C=C\C/C=C\C/C=C\C/C=C\C/C=C\C/C=C\CCCCCCCCCCCCCCCCC(=O)OCC(O)COP(=O)(O)OCC(O)COP(=O)(O)OCC(COC(=O)CCCCCCC/C=C\C/C=C\C/C=C\C/C=C\C/C=C\CC)OC(=O)CCCCCCCCC/C=C\C/C=C\C/C=C\CC. The van der Waals surface area contributed by atoms with Crippen LogP contribution in [0.4, 0.5) is 0 Å². The summed E-state index contributed by atoms with van der Waals surface area (Å²) in [5, 5.41) is 20.7. The van der Waals surface area contributed by atoms with Crippen LogP contribution in [-0.2, 0) is 55.8 Å². The molecule has 5 unspecified atom stereocenters. The van der Waals surface area contributed by atoms with Gasteiger partial charge in [0.05, 0.1) is 26.4 Å². The van der Waals surface area contributed by atoms with E-state index in [9.17, 15) is 43.5 Å². The first-order valence-corrected chi connectivity index (χ1v) is 44.4. The van der Waals surface area contributed by atoms with E-state index in [1.807, 2.05) is 0 Å². The standard InChI is InChI=1S/C89H148O16P2/c1-4-7-10-13-16-19-22-25-28-31-33-35-36-37-38-39-40-41-42-43-44-45-46-48-50-52-54-57-60-63-66-69-72-75-87(92)99-78-84(90)79-101-106(95,96)102-80-85(91)81-103-107(97,98)104-83-86(105-89(94)77-74-71-68-65-62-59-56-51-30-27-24-21-18-15-12-9-6-3)82-100-88(93)76-73-70-67-64-61-58-55-53-49-47-34-32-29-26-23-20-17-14-11-8-5-2/h7-12,16-21,25-30,33-35,37-38,40-41,47,53,55,84-86,90-91H,4-6,13-15,22-24,31-32,36,39,42-46,48-52,54,56-83H2,1-3H3,(H,95,96)(H,97,98)/b10-7-,11-8-,12-9-,19-16-,20-17-,21-18-,28-25-,29-26-,30-27-,35-33-,38-37-,41-40-,47-34-,55-53-. The van der Waals surface area contributed by atoms with Crippen molar-refractivity contribution in [3.8, 4) is 0 Å². The number of phosphoric ester groups is 2. The molecule has 0 rings (SSSR count). The van der Waals surface area contributed by atoms with E-state index in [4.69, 9.17) is 32.3 Å². The molecule has 0 radical (unpaired) electrons. The molecule has 0 aromatic carbocycles. The van der Waals surface area contributed by atoms with Gasteiger partial charge in [0, 0.05) is 19.3 Å². The first kappa shape index (κ1) is 102. The summed E-state index contributed by atoms with van der Waals surface area (Å²) in [6.45, 7) is 2.31. The molecular weight excluding hydrogens is 1390 g/mol. The highest BCUT2D eigenvalue weighted by molar-refractivity contribution is 7.47. The predicted molar refractivity (Wildman–Crippen MR) is 445 cm³/mol. The van der Waals surface area contributed by atoms with Crippen molar-refractivity contribution in [1.29, 1.82) is 0 Å². The quantitative estimate of drug-likeness (QED) is 0.0146. The van der Waals surface area contributed by atoms with Gasteiger partial charge >= 0.3 is 33.6 Å². The number of allylic oxidation sites excluding steroid dienone is 28. The maximum absolute atomic E-state index is 13.0. The Morgan fingerprint density at radius 1 is 0.262 bits per heavy atom. The zero-order chi connectivity index (χ0) is 78.0. The molecular formula is C89H148O16P2. The Bertz CT molecular complexity index is 2620. The molecule has 0 bridgehead atoms. The van der Waals surface area contributed by atoms with Gasteiger partial charge in [-0.2, -0.15) is 0 Å². The van der Waals surface area contributed by atoms with Crippen molar-refractivity contribution in [3.05, 3.63) is 170 Å². The minimum Gasteiger partial charge on any atom is -0.463 e. The number of carbonyl (C=O) groups excluding carboxylic acids is 3. The van der Waals surface area contributed by atoms with Crippen LogP contribution in [0, 0.1) is 0 Å². The van der Waals surface area contributed by atoms with Gasteiger partial charge in [-0.05, 0) is 148 Å². The third-order valence-electron chi connectivity index (χ3n) is 16.9. The Kier molecular flexibility index (Phi) is 76.6. The van der Waals surface area contributed by atoms with Crippen molar-refractivity contribution in [1.82, 2.24) is 0 Å². The molecule has 0 aromatic rings. The maximum atomic E-state index is 13.0. The number of aliphatic hydroxyl groups is 2. The number of esters is 3. The van der Waals surface area contributed by atoms with Gasteiger partial charge in [0.1, 0.15) is 25.4 Å². The monoisotopic (exact) mass is 1540 g/mol. The van der Waals surface area contributed by atoms with Crippen LogP contribution in [0.3, 0.4) is 0 Å². The molecule has 0 fully saturated rings. The molecule has 5 atom stereocenters. The Morgan fingerprint density at radius 3 is 0.738 bits per heavy atom. The summed E-state index contributed by atoms with van der Waals surface area (Å²) in [5.41, 5.74) is 0. The predicted octanol–water partition coefficient (Wildman–Crippen LogP) is 24.8. The number of phosphoric acid groups is 2. The number of aliphatic hydroxyl groups excluding tert-OH is 2. The van der Waals surface area contributed by atoms with Crippen LogP contribution >= 0.6 is 15.6 Å². The van der Waals surface area contributed by atoms with Gasteiger partial charge in [0.2, 0.25) is 0 Å². The number of ether oxygens (including phenoxy) is 3. The highest BCUT2D eigenvalue weighted by atomic mass is 31.2. The van der Waals surface area contributed by atoms with Gasteiger partial charge < -0.3 is 34.2 Å². The number of carbonyl (C=O) groups is 3. The van der Waals surface area contributed by atoms with E-state index in [0.29, 0.717) is 19.3 Å². The van der Waals surface area contributed by atoms with Crippen LogP contribution in [0.2, 0.25) is 0 Å². The number of hydrogen-bond acceptors (Lipinski definition) is 14. The Morgan fingerprint density at radius 2 is 0.467 bits per heavy atom. The molecule has 0 aliphatic heterocycles. The fourth-order valence-electron chi connectivity index (χ4n) is 10.7. The van der Waals surface area contributed by atoms with Crippen molar-refractivity contribution < 1.29 is 75.8 Å². The third kappa shape index (κ3) is 81.7. The van der Waals surface area contributed by atoms with E-state index in [1.54, 1.807) is 0 Å². The average Bonchev–Trinajstić information content (AvgIpc) is 0.907. The highest BCUT2D eigenvalue weighted by Crippen LogP contribution is 2.45. The second-order valence-electron chi connectivity index (χ2n) is 27.1. The van der Waals surface area contributed by atoms with Gasteiger partial charge in [-0.3, -0.25) is 32.5 Å². The van der Waals surface area contributed by atoms with Gasteiger partial charge in [-0.25, -0.2) is 9.13 Å². The lowest BCUT2D eigenvalue weighted by Crippen LogP contribution is -2.30. The molecule has 0 aliphatic rings. The fourth-order valence-corrected chi connectivity index (χ4v) is 12.3. The Hall–Kier alpha value is -5.09. The molecule has 4 N–H and O–H groups in total. The lowest BCUT2D eigenvalue weighted by molar-refractivity contribution is -0.161. The maximum Gasteiger partial charge on any atom is 0.472 e. The molecule has 0 spiro atoms. The zero-order valence-corrected chi connectivity index (χ0v) is 68.5. The summed E-state index contributed by atoms with van der Waals surface area (Å²) in [6, 6.07) is 0. The van der Waals surface area contributed by atoms with E-state index >= 15 is 0 Å². The van der Waals surface area contributed by atoms with Crippen molar-refractivity contribution in [2.24, 2.45) is 0 Å². The molecule has 16 nitrogen and oxygen atoms in total. The van der Waals surface area contributed by atoms with E-state index < -0.39 is 91.5 Å². The van der Waals surface area contributed by atoms with Crippen LogP contribution in [0.5, 0.6) is 0 Å². The van der Waals surface area contributed by atoms with Crippen LogP contribution in [-0.4, -0.2) is 95.9 Å². The molecule has 610 valence electrons. The minimum absolute atomic E-state index is 0.0839. The highest BCUT2D eigenvalue weighted by Gasteiger charge is 2.29. The smallest absolute Gasteiger partial charge is 0.463 e.